The van der Waals surface area contributed by atoms with E-state index in [0.717, 1.165) is 56.8 Å². The third kappa shape index (κ3) is 7.49. The van der Waals surface area contributed by atoms with E-state index < -0.39 is 0 Å². The zero-order chi connectivity index (χ0) is 20.9. The fourth-order valence-electron chi connectivity index (χ4n) is 3.61. The van der Waals surface area contributed by atoms with Gasteiger partial charge in [-0.05, 0) is 26.2 Å². The zero-order valence-corrected chi connectivity index (χ0v) is 18.7. The molecule has 28 heavy (non-hydrogen) atoms. The molecule has 6 heteroatoms. The van der Waals surface area contributed by atoms with E-state index in [4.69, 9.17) is 4.74 Å². The van der Waals surface area contributed by atoms with Gasteiger partial charge in [-0.2, -0.15) is 0 Å². The van der Waals surface area contributed by atoms with Gasteiger partial charge in [-0.25, -0.2) is 0 Å². The van der Waals surface area contributed by atoms with E-state index in [9.17, 15) is 4.79 Å². The van der Waals surface area contributed by atoms with Crippen molar-refractivity contribution in [1.29, 1.82) is 0 Å². The summed E-state index contributed by atoms with van der Waals surface area (Å²) in [7, 11) is 4.27. The summed E-state index contributed by atoms with van der Waals surface area (Å²) in [6.45, 7) is 16.1. The lowest BCUT2D eigenvalue weighted by Crippen LogP contribution is -2.47. The average molecular weight is 393 g/mol. The fraction of sp³-hybridized carbons (Fsp3) is 0.727. The van der Waals surface area contributed by atoms with Gasteiger partial charge < -0.3 is 19.4 Å². The summed E-state index contributed by atoms with van der Waals surface area (Å²) in [4.78, 5) is 22.4. The number of fused-ring (bicyclic) bond motifs is 1. The highest BCUT2D eigenvalue weighted by molar-refractivity contribution is 5.94. The van der Waals surface area contributed by atoms with Crippen molar-refractivity contribution in [1.82, 2.24) is 19.7 Å². The summed E-state index contributed by atoms with van der Waals surface area (Å²) in [6.07, 6.45) is 3.31. The molecule has 3 aliphatic rings. The van der Waals surface area contributed by atoms with Crippen molar-refractivity contribution >= 4 is 5.91 Å². The number of amides is 1. The second kappa shape index (κ2) is 13.6. The van der Waals surface area contributed by atoms with Crippen LogP contribution in [-0.2, 0) is 4.74 Å². The van der Waals surface area contributed by atoms with Crippen molar-refractivity contribution in [2.75, 3.05) is 66.6 Å². The van der Waals surface area contributed by atoms with Crippen molar-refractivity contribution in [2.45, 2.75) is 27.7 Å². The van der Waals surface area contributed by atoms with Crippen molar-refractivity contribution in [3.05, 3.63) is 30.1 Å². The smallest absolute Gasteiger partial charge is 0.254 e. The number of piperazine rings is 1. The van der Waals surface area contributed by atoms with Crippen molar-refractivity contribution in [2.24, 2.45) is 11.8 Å². The molecule has 1 aromatic heterocycles. The quantitative estimate of drug-likeness (QED) is 0.735. The van der Waals surface area contributed by atoms with Gasteiger partial charge in [0.15, 0.2) is 0 Å². The average Bonchev–Trinajstić information content (AvgIpc) is 3.33. The number of aromatic nitrogens is 1. The first-order chi connectivity index (χ1) is 13.6. The Balaban J connectivity index is 0.000000257. The lowest BCUT2D eigenvalue weighted by molar-refractivity contribution is 0.0664. The number of rotatable bonds is 1. The molecule has 4 rings (SSSR count). The molecule has 0 aliphatic carbocycles. The Morgan fingerprint density at radius 1 is 0.893 bits per heavy atom. The third-order valence-corrected chi connectivity index (χ3v) is 5.14. The lowest BCUT2D eigenvalue weighted by Gasteiger charge is -2.32. The summed E-state index contributed by atoms with van der Waals surface area (Å²) < 4.78 is 5.33. The molecule has 160 valence electrons. The molecular weight excluding hydrogens is 352 g/mol. The maximum absolute atomic E-state index is 12.0. The highest BCUT2D eigenvalue weighted by atomic mass is 16.5. The summed E-state index contributed by atoms with van der Waals surface area (Å²) in [6, 6.07) is 3.53. The Kier molecular flexibility index (Phi) is 12.0. The van der Waals surface area contributed by atoms with Crippen LogP contribution in [0, 0.1) is 11.8 Å². The molecule has 4 heterocycles. The van der Waals surface area contributed by atoms with E-state index in [1.54, 1.807) is 24.5 Å². The highest BCUT2D eigenvalue weighted by Gasteiger charge is 2.35. The Morgan fingerprint density at radius 3 is 1.89 bits per heavy atom. The first-order valence-electron chi connectivity index (χ1n) is 10.8. The zero-order valence-electron chi connectivity index (χ0n) is 18.7. The molecular formula is C22H40N4O2. The molecule has 0 bridgehead atoms. The van der Waals surface area contributed by atoms with Crippen LogP contribution in [-0.4, -0.2) is 92.2 Å². The lowest BCUT2D eigenvalue weighted by atomic mass is 10.0. The number of pyridine rings is 1. The molecule has 2 unspecified atom stereocenters. The van der Waals surface area contributed by atoms with E-state index in [0.29, 0.717) is 0 Å². The van der Waals surface area contributed by atoms with Gasteiger partial charge in [0.2, 0.25) is 0 Å². The molecule has 3 aliphatic heterocycles. The first kappa shape index (κ1) is 24.5. The summed E-state index contributed by atoms with van der Waals surface area (Å²) in [5.41, 5.74) is 0.731. The molecule has 3 saturated heterocycles. The van der Waals surface area contributed by atoms with E-state index in [1.807, 2.05) is 32.6 Å². The van der Waals surface area contributed by atoms with Gasteiger partial charge in [-0.1, -0.05) is 27.7 Å². The second-order valence-electron chi connectivity index (χ2n) is 7.11. The van der Waals surface area contributed by atoms with Crippen molar-refractivity contribution in [3.8, 4) is 0 Å². The first-order valence-corrected chi connectivity index (χ1v) is 10.8. The van der Waals surface area contributed by atoms with Crippen LogP contribution in [0.1, 0.15) is 38.1 Å². The molecule has 1 amide bonds. The van der Waals surface area contributed by atoms with Crippen LogP contribution >= 0.6 is 0 Å². The summed E-state index contributed by atoms with van der Waals surface area (Å²) >= 11 is 0. The predicted octanol–water partition coefficient (Wildman–Crippen LogP) is 2.72. The monoisotopic (exact) mass is 392 g/mol. The molecule has 1 aromatic rings. The maximum atomic E-state index is 12.0. The van der Waals surface area contributed by atoms with Gasteiger partial charge in [-0.3, -0.25) is 9.78 Å². The number of ether oxygens (including phenoxy) is 1. The van der Waals surface area contributed by atoms with Gasteiger partial charge in [-0.15, -0.1) is 0 Å². The van der Waals surface area contributed by atoms with Crippen LogP contribution in [0.5, 0.6) is 0 Å². The second-order valence-corrected chi connectivity index (χ2v) is 7.11. The third-order valence-electron chi connectivity index (χ3n) is 5.14. The molecule has 0 radical (unpaired) electrons. The number of carbonyl (C=O) groups excluding carboxylic acids is 1. The molecule has 0 aromatic carbocycles. The summed E-state index contributed by atoms with van der Waals surface area (Å²) in [5.74, 6) is 1.83. The Bertz CT molecular complexity index is 521. The van der Waals surface area contributed by atoms with Gasteiger partial charge in [0.25, 0.3) is 5.91 Å². The van der Waals surface area contributed by atoms with Crippen LogP contribution < -0.4 is 0 Å². The van der Waals surface area contributed by atoms with E-state index in [2.05, 4.69) is 28.9 Å². The van der Waals surface area contributed by atoms with Crippen LogP contribution in [0.4, 0.5) is 0 Å². The van der Waals surface area contributed by atoms with Gasteiger partial charge in [0, 0.05) is 69.1 Å². The number of likely N-dealkylation sites (N-methyl/N-ethyl adjacent to an activating group) is 1. The maximum Gasteiger partial charge on any atom is 0.254 e. The number of likely N-dealkylation sites (tertiary alicyclic amines) is 1. The SMILES string of the molecule is CC.CC.CN1CC2COCC2C1.CN1CCN(C(=O)c2ccncc2)CC1. The topological polar surface area (TPSA) is 48.9 Å². The minimum absolute atomic E-state index is 0.116. The van der Waals surface area contributed by atoms with Gasteiger partial charge in [0.1, 0.15) is 0 Å². The van der Waals surface area contributed by atoms with Crippen LogP contribution in [0.25, 0.3) is 0 Å². The largest absolute Gasteiger partial charge is 0.381 e. The minimum atomic E-state index is 0.116. The molecule has 2 atom stereocenters. The number of hydrogen-bond acceptors (Lipinski definition) is 5. The van der Waals surface area contributed by atoms with E-state index >= 15 is 0 Å². The van der Waals surface area contributed by atoms with E-state index in [1.165, 1.54) is 13.1 Å². The van der Waals surface area contributed by atoms with Crippen LogP contribution in [0.3, 0.4) is 0 Å². The van der Waals surface area contributed by atoms with Gasteiger partial charge in [0.05, 0.1) is 13.2 Å². The molecule has 0 spiro atoms. The Labute approximate surface area is 171 Å². The van der Waals surface area contributed by atoms with Crippen LogP contribution in [0.2, 0.25) is 0 Å². The Morgan fingerprint density at radius 2 is 1.39 bits per heavy atom. The molecule has 6 nitrogen and oxygen atoms in total. The van der Waals surface area contributed by atoms with E-state index in [-0.39, 0.29) is 5.91 Å². The van der Waals surface area contributed by atoms with Gasteiger partial charge >= 0.3 is 0 Å². The molecule has 3 fully saturated rings. The van der Waals surface area contributed by atoms with Crippen molar-refractivity contribution < 1.29 is 9.53 Å². The van der Waals surface area contributed by atoms with Crippen LogP contribution in [0.15, 0.2) is 24.5 Å². The van der Waals surface area contributed by atoms with Crippen molar-refractivity contribution in [3.63, 3.8) is 0 Å². The normalized spacial score (nSPS) is 24.0. The number of nitrogens with zero attached hydrogens (tertiary/aromatic N) is 4. The fourth-order valence-corrected chi connectivity index (χ4v) is 3.61. The highest BCUT2D eigenvalue weighted by Crippen LogP contribution is 2.27. The molecule has 0 N–H and O–H groups in total. The molecule has 0 saturated carbocycles. The summed E-state index contributed by atoms with van der Waals surface area (Å²) in [5, 5.41) is 0. The Hall–Kier alpha value is -1.50. The number of carbonyl (C=O) groups is 1. The predicted molar refractivity (Wildman–Crippen MR) is 116 cm³/mol. The minimum Gasteiger partial charge on any atom is -0.381 e. The standard InChI is InChI=1S/C11H15N3O.C7H13NO.2C2H6/c1-13-6-8-14(9-7-13)11(15)10-2-4-12-5-3-10;1-8-2-6-4-9-5-7(6)3-8;2*1-2/h2-5H,6-9H2,1H3;6-7H,2-5H2,1H3;2*1-2H3. The number of hydrogen-bond donors (Lipinski definition) is 0.